The van der Waals surface area contributed by atoms with Gasteiger partial charge in [-0.05, 0) is 110 Å². The third-order valence-corrected chi connectivity index (χ3v) is 8.34. The van der Waals surface area contributed by atoms with Crippen molar-refractivity contribution in [1.82, 2.24) is 14.8 Å². The number of benzene rings is 3. The molecule has 1 amide bonds. The molecule has 3 heterocycles. The van der Waals surface area contributed by atoms with Crippen molar-refractivity contribution < 1.29 is 22.4 Å². The Morgan fingerprint density at radius 3 is 2.38 bits per heavy atom. The summed E-state index contributed by atoms with van der Waals surface area (Å²) in [6, 6.07) is 12.5. The molecular formula is C31H29F4N3O. The van der Waals surface area contributed by atoms with E-state index in [9.17, 15) is 22.4 Å². The average molecular weight is 536 g/mol. The fourth-order valence-electron chi connectivity index (χ4n) is 6.27. The zero-order valence-electron chi connectivity index (χ0n) is 21.4. The first kappa shape index (κ1) is 25.6. The van der Waals surface area contributed by atoms with Crippen molar-refractivity contribution in [1.29, 1.82) is 0 Å². The van der Waals surface area contributed by atoms with Crippen molar-refractivity contribution in [2.45, 2.75) is 37.6 Å². The van der Waals surface area contributed by atoms with E-state index < -0.39 is 23.5 Å². The second-order valence-corrected chi connectivity index (χ2v) is 10.5. The lowest BCUT2D eigenvalue weighted by atomic mass is 9.87. The molecule has 202 valence electrons. The molecule has 2 aliphatic rings. The minimum atomic E-state index is -0.884. The number of aromatic nitrogens is 1. The number of hydrogen-bond acceptors (Lipinski definition) is 2. The molecule has 1 fully saturated rings. The van der Waals surface area contributed by atoms with Gasteiger partial charge in [0.1, 0.15) is 11.6 Å². The minimum Gasteiger partial charge on any atom is -0.361 e. The van der Waals surface area contributed by atoms with Crippen LogP contribution < -0.4 is 0 Å². The quantitative estimate of drug-likeness (QED) is 0.288. The van der Waals surface area contributed by atoms with Gasteiger partial charge in [-0.25, -0.2) is 17.6 Å². The Bertz CT molecular complexity index is 1510. The van der Waals surface area contributed by atoms with E-state index in [0.717, 1.165) is 48.5 Å². The number of H-pyrrole nitrogens is 1. The predicted molar refractivity (Wildman–Crippen MR) is 142 cm³/mol. The molecule has 2 aliphatic heterocycles. The van der Waals surface area contributed by atoms with E-state index in [-0.39, 0.29) is 24.7 Å². The van der Waals surface area contributed by atoms with Gasteiger partial charge >= 0.3 is 0 Å². The molecule has 0 radical (unpaired) electrons. The molecule has 1 atom stereocenters. The lowest BCUT2D eigenvalue weighted by molar-refractivity contribution is 0.0628. The molecule has 3 aromatic carbocycles. The summed E-state index contributed by atoms with van der Waals surface area (Å²) in [5, 5.41) is 0.927. The molecule has 1 saturated heterocycles. The van der Waals surface area contributed by atoms with Crippen LogP contribution in [0.15, 0.2) is 60.8 Å². The summed E-state index contributed by atoms with van der Waals surface area (Å²) in [5.74, 6) is -2.33. The standard InChI is InChI=1S/C31H29F4N3O/c32-21-3-1-20(2-4-21)31(39)38-16-11-24-23(6-7-27(34)30(24)35)29(38)12-15-37-13-9-19(10-14-37)26-18-36-28-8-5-22(33)17-25(26)28/h1-8,17-19,29,36H,9-16H2. The van der Waals surface area contributed by atoms with Gasteiger partial charge in [0, 0.05) is 35.8 Å². The van der Waals surface area contributed by atoms with Crippen LogP contribution in [0.5, 0.6) is 0 Å². The van der Waals surface area contributed by atoms with Gasteiger partial charge < -0.3 is 14.8 Å². The lowest BCUT2D eigenvalue weighted by Gasteiger charge is -2.39. The number of nitrogens with one attached hydrogen (secondary N) is 1. The molecule has 1 aromatic heterocycles. The fraction of sp³-hybridized carbons (Fsp3) is 0.323. The predicted octanol–water partition coefficient (Wildman–Crippen LogP) is 6.73. The van der Waals surface area contributed by atoms with E-state index in [0.29, 0.717) is 35.6 Å². The summed E-state index contributed by atoms with van der Waals surface area (Å²) < 4.78 is 56.0. The first-order valence-corrected chi connectivity index (χ1v) is 13.4. The third kappa shape index (κ3) is 4.93. The molecule has 0 bridgehead atoms. The van der Waals surface area contributed by atoms with Crippen molar-refractivity contribution in [3.63, 3.8) is 0 Å². The minimum absolute atomic E-state index is 0.221. The van der Waals surface area contributed by atoms with Gasteiger partial charge in [0.05, 0.1) is 6.04 Å². The zero-order valence-corrected chi connectivity index (χ0v) is 21.4. The highest BCUT2D eigenvalue weighted by Crippen LogP contribution is 2.37. The van der Waals surface area contributed by atoms with E-state index >= 15 is 0 Å². The van der Waals surface area contributed by atoms with E-state index in [2.05, 4.69) is 9.88 Å². The Hall–Kier alpha value is -3.65. The van der Waals surface area contributed by atoms with Gasteiger partial charge in [0.15, 0.2) is 11.6 Å². The highest BCUT2D eigenvalue weighted by atomic mass is 19.2. The van der Waals surface area contributed by atoms with Crippen LogP contribution in [0.4, 0.5) is 17.6 Å². The van der Waals surface area contributed by atoms with Crippen molar-refractivity contribution in [2.75, 3.05) is 26.2 Å². The maximum atomic E-state index is 14.7. The SMILES string of the molecule is O=C(c1ccc(F)cc1)N1CCc2c(ccc(F)c2F)C1CCN1CCC(c2c[nH]c3ccc(F)cc23)CC1. The van der Waals surface area contributed by atoms with E-state index in [1.54, 1.807) is 23.1 Å². The molecule has 4 aromatic rings. The second-order valence-electron chi connectivity index (χ2n) is 10.5. The Balaban J connectivity index is 1.18. The summed E-state index contributed by atoms with van der Waals surface area (Å²) in [4.78, 5) is 20.7. The van der Waals surface area contributed by atoms with Crippen LogP contribution >= 0.6 is 0 Å². The van der Waals surface area contributed by atoms with Gasteiger partial charge in [0.2, 0.25) is 0 Å². The van der Waals surface area contributed by atoms with Crippen LogP contribution in [0.3, 0.4) is 0 Å². The van der Waals surface area contributed by atoms with Crippen molar-refractivity contribution in [2.24, 2.45) is 0 Å². The summed E-state index contributed by atoms with van der Waals surface area (Å²) in [6.07, 6.45) is 4.61. The third-order valence-electron chi connectivity index (χ3n) is 8.34. The van der Waals surface area contributed by atoms with Gasteiger partial charge in [0.25, 0.3) is 5.91 Å². The maximum Gasteiger partial charge on any atom is 0.254 e. The highest BCUT2D eigenvalue weighted by Gasteiger charge is 2.34. The van der Waals surface area contributed by atoms with Crippen molar-refractivity contribution in [3.8, 4) is 0 Å². The van der Waals surface area contributed by atoms with E-state index in [1.165, 1.54) is 30.3 Å². The largest absolute Gasteiger partial charge is 0.361 e. The second kappa shape index (κ2) is 10.5. The Morgan fingerprint density at radius 2 is 1.62 bits per heavy atom. The van der Waals surface area contributed by atoms with Crippen LogP contribution in [-0.2, 0) is 6.42 Å². The first-order chi connectivity index (χ1) is 18.9. The summed E-state index contributed by atoms with van der Waals surface area (Å²) in [5.41, 5.74) is 3.39. The monoisotopic (exact) mass is 535 g/mol. The van der Waals surface area contributed by atoms with Crippen molar-refractivity contribution in [3.05, 3.63) is 106 Å². The number of amides is 1. The van der Waals surface area contributed by atoms with Gasteiger partial charge in [-0.15, -0.1) is 0 Å². The van der Waals surface area contributed by atoms with Crippen LogP contribution in [0, 0.1) is 23.3 Å². The van der Waals surface area contributed by atoms with Gasteiger partial charge in [-0.3, -0.25) is 4.79 Å². The average Bonchev–Trinajstić information content (AvgIpc) is 3.37. The molecule has 4 nitrogen and oxygen atoms in total. The maximum absolute atomic E-state index is 14.7. The van der Waals surface area contributed by atoms with Crippen LogP contribution in [-0.4, -0.2) is 46.9 Å². The number of piperidine rings is 1. The zero-order chi connectivity index (χ0) is 27.1. The van der Waals surface area contributed by atoms with Gasteiger partial charge in [-0.1, -0.05) is 6.07 Å². The first-order valence-electron chi connectivity index (χ1n) is 13.4. The molecule has 1 N–H and O–H groups in total. The van der Waals surface area contributed by atoms with Gasteiger partial charge in [-0.2, -0.15) is 0 Å². The fourth-order valence-corrected chi connectivity index (χ4v) is 6.27. The number of halogens is 4. The number of rotatable bonds is 5. The number of nitrogens with zero attached hydrogens (tertiary/aromatic N) is 2. The molecular weight excluding hydrogens is 506 g/mol. The number of aromatic amines is 1. The molecule has 0 saturated carbocycles. The van der Waals surface area contributed by atoms with Crippen LogP contribution in [0.2, 0.25) is 0 Å². The number of likely N-dealkylation sites (tertiary alicyclic amines) is 1. The Labute approximate surface area is 224 Å². The normalized spacial score (nSPS) is 18.5. The highest BCUT2D eigenvalue weighted by molar-refractivity contribution is 5.94. The van der Waals surface area contributed by atoms with Crippen molar-refractivity contribution >= 4 is 16.8 Å². The number of hydrogen-bond donors (Lipinski definition) is 1. The van der Waals surface area contributed by atoms with E-state index in [1.807, 2.05) is 6.20 Å². The number of fused-ring (bicyclic) bond motifs is 2. The molecule has 0 aliphatic carbocycles. The van der Waals surface area contributed by atoms with Crippen LogP contribution in [0.1, 0.15) is 58.3 Å². The Morgan fingerprint density at radius 1 is 0.872 bits per heavy atom. The number of carbonyl (C=O) groups excluding carboxylic acids is 1. The molecule has 0 spiro atoms. The number of carbonyl (C=O) groups is 1. The smallest absolute Gasteiger partial charge is 0.254 e. The summed E-state index contributed by atoms with van der Waals surface area (Å²) >= 11 is 0. The molecule has 6 rings (SSSR count). The molecule has 8 heteroatoms. The van der Waals surface area contributed by atoms with E-state index in [4.69, 9.17) is 0 Å². The summed E-state index contributed by atoms with van der Waals surface area (Å²) in [7, 11) is 0. The lowest BCUT2D eigenvalue weighted by Crippen LogP contribution is -2.42. The van der Waals surface area contributed by atoms with Crippen LogP contribution in [0.25, 0.3) is 10.9 Å². The summed E-state index contributed by atoms with van der Waals surface area (Å²) in [6.45, 7) is 2.63. The molecule has 39 heavy (non-hydrogen) atoms. The Kier molecular flexibility index (Phi) is 6.89. The topological polar surface area (TPSA) is 39.3 Å². The molecule has 1 unspecified atom stereocenters.